The number of ether oxygens (including phenoxy) is 2. The van der Waals surface area contributed by atoms with Crippen LogP contribution in [0.3, 0.4) is 0 Å². The second-order valence-corrected chi connectivity index (χ2v) is 8.01. The molecule has 0 aliphatic carbocycles. The summed E-state index contributed by atoms with van der Waals surface area (Å²) in [6.07, 6.45) is 0.109. The molecular formula is C19H23N3O4S2. The Kier molecular flexibility index (Phi) is 7.06. The Morgan fingerprint density at radius 3 is 2.68 bits per heavy atom. The van der Waals surface area contributed by atoms with E-state index in [0.29, 0.717) is 41.6 Å². The molecule has 1 amide bonds. The Balaban J connectivity index is 2.03. The Morgan fingerprint density at radius 1 is 1.29 bits per heavy atom. The fraction of sp³-hybridized carbons (Fsp3) is 0.421. The van der Waals surface area contributed by atoms with Gasteiger partial charge < -0.3 is 15.2 Å². The molecule has 3 rings (SSSR count). The molecule has 0 unspecified atom stereocenters. The number of fused-ring (bicyclic) bond motifs is 3. The number of carbonyl (C=O) groups excluding carboxylic acids is 1. The van der Waals surface area contributed by atoms with Gasteiger partial charge in [0.25, 0.3) is 5.56 Å². The third-order valence-electron chi connectivity index (χ3n) is 4.08. The summed E-state index contributed by atoms with van der Waals surface area (Å²) in [4.78, 5) is 29.2. The molecule has 7 nitrogen and oxygen atoms in total. The smallest absolute Gasteiger partial charge is 0.272 e. The van der Waals surface area contributed by atoms with Gasteiger partial charge in [-0.25, -0.2) is 4.98 Å². The van der Waals surface area contributed by atoms with Crippen molar-refractivity contribution in [2.45, 2.75) is 38.3 Å². The number of carbonyl (C=O) groups is 1. The lowest BCUT2D eigenvalue weighted by Crippen LogP contribution is -2.27. The van der Waals surface area contributed by atoms with Gasteiger partial charge >= 0.3 is 0 Å². The van der Waals surface area contributed by atoms with E-state index in [1.807, 2.05) is 38.1 Å². The summed E-state index contributed by atoms with van der Waals surface area (Å²) in [6.45, 7) is 5.23. The van der Waals surface area contributed by atoms with Crippen LogP contribution in [0.4, 0.5) is 0 Å². The van der Waals surface area contributed by atoms with E-state index in [1.54, 1.807) is 4.57 Å². The molecule has 3 aromatic rings. The fourth-order valence-electron chi connectivity index (χ4n) is 2.92. The number of thioether (sulfide) groups is 1. The minimum atomic E-state index is -0.456. The Morgan fingerprint density at radius 2 is 2.00 bits per heavy atom. The van der Waals surface area contributed by atoms with Crippen LogP contribution < -0.4 is 11.3 Å². The first-order valence-electron chi connectivity index (χ1n) is 9.11. The molecule has 0 fully saturated rings. The van der Waals surface area contributed by atoms with E-state index in [1.165, 1.54) is 23.1 Å². The van der Waals surface area contributed by atoms with Crippen molar-refractivity contribution in [3.05, 3.63) is 34.6 Å². The minimum absolute atomic E-state index is 0.0559. The number of hydrogen-bond acceptors (Lipinski definition) is 7. The van der Waals surface area contributed by atoms with Crippen molar-refractivity contribution >= 4 is 49.3 Å². The molecule has 2 aromatic heterocycles. The van der Waals surface area contributed by atoms with E-state index in [-0.39, 0.29) is 11.3 Å². The van der Waals surface area contributed by atoms with Crippen LogP contribution in [0.2, 0.25) is 0 Å². The Labute approximate surface area is 170 Å². The van der Waals surface area contributed by atoms with Crippen molar-refractivity contribution < 1.29 is 14.3 Å². The first-order chi connectivity index (χ1) is 13.5. The molecule has 0 bridgehead atoms. The van der Waals surface area contributed by atoms with Gasteiger partial charge in [0.2, 0.25) is 5.91 Å². The van der Waals surface area contributed by atoms with E-state index >= 15 is 0 Å². The molecule has 28 heavy (non-hydrogen) atoms. The van der Waals surface area contributed by atoms with Crippen LogP contribution >= 0.6 is 23.1 Å². The molecule has 0 spiro atoms. The van der Waals surface area contributed by atoms with E-state index < -0.39 is 12.2 Å². The van der Waals surface area contributed by atoms with Crippen LogP contribution in [0.1, 0.15) is 20.3 Å². The summed E-state index contributed by atoms with van der Waals surface area (Å²) in [5, 5.41) is 1.42. The molecule has 0 radical (unpaired) electrons. The van der Waals surface area contributed by atoms with Gasteiger partial charge in [-0.2, -0.15) is 0 Å². The van der Waals surface area contributed by atoms with Gasteiger partial charge in [0, 0.05) is 36.3 Å². The highest BCUT2D eigenvalue weighted by Gasteiger charge is 2.18. The summed E-state index contributed by atoms with van der Waals surface area (Å²) in [7, 11) is 0. The van der Waals surface area contributed by atoms with Gasteiger partial charge in [-0.3, -0.25) is 14.2 Å². The van der Waals surface area contributed by atoms with Crippen LogP contribution in [0.25, 0.3) is 20.3 Å². The first kappa shape index (κ1) is 20.8. The molecule has 0 aliphatic heterocycles. The number of thiophene rings is 1. The van der Waals surface area contributed by atoms with Crippen molar-refractivity contribution in [1.29, 1.82) is 0 Å². The maximum atomic E-state index is 13.2. The number of nitrogens with zero attached hydrogens (tertiary/aromatic N) is 2. The number of hydrogen-bond donors (Lipinski definition) is 1. The second kappa shape index (κ2) is 9.51. The predicted molar refractivity (Wildman–Crippen MR) is 113 cm³/mol. The van der Waals surface area contributed by atoms with E-state index in [9.17, 15) is 9.59 Å². The van der Waals surface area contributed by atoms with Gasteiger partial charge in [0.1, 0.15) is 4.70 Å². The zero-order valence-corrected chi connectivity index (χ0v) is 17.5. The quantitative estimate of drug-likeness (QED) is 0.307. The largest absolute Gasteiger partial charge is 0.369 e. The number of primary amides is 1. The fourth-order valence-corrected chi connectivity index (χ4v) is 4.77. The summed E-state index contributed by atoms with van der Waals surface area (Å²) in [5.41, 5.74) is 5.85. The number of aromatic nitrogens is 2. The van der Waals surface area contributed by atoms with Crippen molar-refractivity contribution in [3.63, 3.8) is 0 Å². The van der Waals surface area contributed by atoms with Crippen molar-refractivity contribution in [2.75, 3.05) is 19.0 Å². The molecule has 0 saturated carbocycles. The number of nitrogens with two attached hydrogens (primary N) is 1. The standard InChI is InChI=1S/C19H23N3O4S2/c1-3-25-15(26-4-2)9-10-22-18(24)17-16(21-19(22)27-11-14(20)23)12-7-5-6-8-13(12)28-17/h5-8,15H,3-4,9-11H2,1-2H3,(H2,20,23). The molecule has 2 heterocycles. The average molecular weight is 422 g/mol. The second-order valence-electron chi connectivity index (χ2n) is 6.01. The molecule has 2 N–H and O–H groups in total. The van der Waals surface area contributed by atoms with E-state index in [2.05, 4.69) is 0 Å². The highest BCUT2D eigenvalue weighted by atomic mass is 32.2. The van der Waals surface area contributed by atoms with Gasteiger partial charge in [-0.1, -0.05) is 30.0 Å². The lowest BCUT2D eigenvalue weighted by atomic mass is 10.2. The summed E-state index contributed by atoms with van der Waals surface area (Å²) >= 11 is 2.61. The van der Waals surface area contributed by atoms with Crippen molar-refractivity contribution in [3.8, 4) is 0 Å². The van der Waals surface area contributed by atoms with E-state index in [0.717, 1.165) is 10.1 Å². The average Bonchev–Trinajstić information content (AvgIpc) is 3.05. The van der Waals surface area contributed by atoms with Gasteiger partial charge in [0.15, 0.2) is 11.4 Å². The first-order valence-corrected chi connectivity index (χ1v) is 10.9. The molecule has 150 valence electrons. The molecule has 1 aromatic carbocycles. The summed E-state index contributed by atoms with van der Waals surface area (Å²) in [6, 6.07) is 7.79. The van der Waals surface area contributed by atoms with Crippen LogP contribution in [-0.4, -0.2) is 40.7 Å². The maximum Gasteiger partial charge on any atom is 0.272 e. The van der Waals surface area contributed by atoms with Crippen LogP contribution in [-0.2, 0) is 20.8 Å². The van der Waals surface area contributed by atoms with E-state index in [4.69, 9.17) is 20.2 Å². The predicted octanol–water partition coefficient (Wildman–Crippen LogP) is 2.98. The number of rotatable bonds is 10. The molecular weight excluding hydrogens is 398 g/mol. The topological polar surface area (TPSA) is 96.4 Å². The highest BCUT2D eigenvalue weighted by Crippen LogP contribution is 2.31. The third kappa shape index (κ3) is 4.54. The minimum Gasteiger partial charge on any atom is -0.369 e. The number of amides is 1. The third-order valence-corrected chi connectivity index (χ3v) is 6.23. The monoisotopic (exact) mass is 421 g/mol. The molecule has 0 atom stereocenters. The van der Waals surface area contributed by atoms with Crippen molar-refractivity contribution in [2.24, 2.45) is 5.73 Å². The van der Waals surface area contributed by atoms with Gasteiger partial charge in [0.05, 0.1) is 11.3 Å². The lowest BCUT2D eigenvalue weighted by molar-refractivity contribution is -0.141. The van der Waals surface area contributed by atoms with Gasteiger partial charge in [-0.15, -0.1) is 11.3 Å². The summed E-state index contributed by atoms with van der Waals surface area (Å²) in [5.74, 6) is -0.400. The van der Waals surface area contributed by atoms with Crippen LogP contribution in [0.15, 0.2) is 34.2 Å². The Hall–Kier alpha value is -1.94. The van der Waals surface area contributed by atoms with Crippen LogP contribution in [0, 0.1) is 0 Å². The maximum absolute atomic E-state index is 13.2. The molecule has 0 saturated heterocycles. The van der Waals surface area contributed by atoms with Crippen LogP contribution in [0.5, 0.6) is 0 Å². The zero-order chi connectivity index (χ0) is 20.1. The molecule has 9 heteroatoms. The van der Waals surface area contributed by atoms with Crippen molar-refractivity contribution in [1.82, 2.24) is 9.55 Å². The lowest BCUT2D eigenvalue weighted by Gasteiger charge is -2.18. The van der Waals surface area contributed by atoms with Gasteiger partial charge in [-0.05, 0) is 19.9 Å². The Bertz CT molecular complexity index is 1030. The zero-order valence-electron chi connectivity index (χ0n) is 15.8. The molecule has 0 aliphatic rings. The summed E-state index contributed by atoms with van der Waals surface area (Å²) < 4.78 is 14.4. The number of benzene rings is 1. The highest BCUT2D eigenvalue weighted by molar-refractivity contribution is 7.99. The normalized spacial score (nSPS) is 11.7. The SMILES string of the molecule is CCOC(CCn1c(SCC(N)=O)nc2c(sc3ccccc32)c1=O)OCC.